The number of rotatable bonds is 17. The third-order valence-corrected chi connectivity index (χ3v) is 8.28. The van der Waals surface area contributed by atoms with Gasteiger partial charge in [0.25, 0.3) is 0 Å². The average molecular weight is 652 g/mol. The van der Waals surface area contributed by atoms with Crippen LogP contribution in [0.5, 0.6) is 0 Å². The molecule has 3 rings (SSSR count). The molecule has 0 aliphatic rings. The first-order chi connectivity index (χ1) is 22.2. The molecule has 12 nitrogen and oxygen atoms in total. The van der Waals surface area contributed by atoms with Crippen LogP contribution in [-0.4, -0.2) is 71.1 Å². The maximum atomic E-state index is 13.5. The third-order valence-electron chi connectivity index (χ3n) is 6.86. The van der Waals surface area contributed by atoms with Crippen molar-refractivity contribution in [2.45, 2.75) is 57.1 Å². The van der Waals surface area contributed by atoms with Crippen molar-refractivity contribution in [2.75, 3.05) is 18.8 Å². The standard InChI is InChI=1S/C33H41N5O7S/c1-3-17-46-28(20-29(39)38-44)32(42)37-27(19-24-13-14-25-11-7-8-12-26(25)18-24)31(41)36-22(2)30(40)34-15-16-35-33(43)45-21-23-9-5-4-6-10-23/h4-14,18,22,27-28,44H,3,15-17,19-21H2,1-2H3,(H,34,40)(H,35,43)(H,36,41)(H,37,42)(H,38,39)/t22-,27-,28?/m0/s1. The van der Waals surface area contributed by atoms with E-state index in [4.69, 9.17) is 9.94 Å². The Hall–Kier alpha value is -4.62. The van der Waals surface area contributed by atoms with Crippen LogP contribution >= 0.6 is 11.8 Å². The molecular formula is C33H41N5O7S. The molecule has 0 heterocycles. The summed E-state index contributed by atoms with van der Waals surface area (Å²) in [4.78, 5) is 63.3. The molecule has 13 heteroatoms. The second-order valence-electron chi connectivity index (χ2n) is 10.6. The first kappa shape index (κ1) is 35.9. The van der Waals surface area contributed by atoms with E-state index in [1.54, 1.807) is 5.48 Å². The number of fused-ring (bicyclic) bond motifs is 1. The van der Waals surface area contributed by atoms with E-state index in [1.165, 1.54) is 18.7 Å². The molecule has 1 unspecified atom stereocenters. The lowest BCUT2D eigenvalue weighted by Gasteiger charge is -2.24. The second kappa shape index (κ2) is 19.0. The lowest BCUT2D eigenvalue weighted by Crippen LogP contribution is -2.55. The number of carbonyl (C=O) groups excluding carboxylic acids is 5. The Morgan fingerprint density at radius 1 is 0.804 bits per heavy atom. The van der Waals surface area contributed by atoms with Gasteiger partial charge in [-0.25, -0.2) is 10.3 Å². The van der Waals surface area contributed by atoms with Crippen LogP contribution in [0.4, 0.5) is 4.79 Å². The zero-order valence-electron chi connectivity index (χ0n) is 25.9. The second-order valence-corrected chi connectivity index (χ2v) is 11.9. The lowest BCUT2D eigenvalue weighted by molar-refractivity contribution is -0.133. The normalized spacial score (nSPS) is 12.7. The summed E-state index contributed by atoms with van der Waals surface area (Å²) < 4.78 is 5.14. The molecule has 246 valence electrons. The molecule has 0 spiro atoms. The molecule has 0 aliphatic carbocycles. The number of alkyl carbamates (subject to hydrolysis) is 1. The van der Waals surface area contributed by atoms with E-state index in [9.17, 15) is 24.0 Å². The van der Waals surface area contributed by atoms with Gasteiger partial charge in [-0.15, -0.1) is 11.8 Å². The number of thioether (sulfide) groups is 1. The Bertz CT molecular complexity index is 1470. The number of carbonyl (C=O) groups is 5. The van der Waals surface area contributed by atoms with Gasteiger partial charge in [-0.3, -0.25) is 24.4 Å². The number of amides is 5. The Morgan fingerprint density at radius 3 is 2.22 bits per heavy atom. The van der Waals surface area contributed by atoms with E-state index in [2.05, 4.69) is 21.3 Å². The Morgan fingerprint density at radius 2 is 1.50 bits per heavy atom. The van der Waals surface area contributed by atoms with Gasteiger partial charge in [-0.1, -0.05) is 79.7 Å². The van der Waals surface area contributed by atoms with Crippen LogP contribution in [-0.2, 0) is 36.9 Å². The Labute approximate surface area is 272 Å². The van der Waals surface area contributed by atoms with Gasteiger partial charge in [-0.2, -0.15) is 0 Å². The predicted molar refractivity (Wildman–Crippen MR) is 176 cm³/mol. The number of hydrogen-bond donors (Lipinski definition) is 6. The first-order valence-corrected chi connectivity index (χ1v) is 16.1. The summed E-state index contributed by atoms with van der Waals surface area (Å²) >= 11 is 1.25. The summed E-state index contributed by atoms with van der Waals surface area (Å²) in [6.07, 6.45) is -0.0149. The number of hydroxylamine groups is 1. The number of ether oxygens (including phenoxy) is 1. The maximum Gasteiger partial charge on any atom is 0.407 e. The molecule has 0 saturated heterocycles. The van der Waals surface area contributed by atoms with Crippen LogP contribution in [0, 0.1) is 0 Å². The SMILES string of the molecule is CCCSC(CC(=O)NO)C(=O)N[C@@H](Cc1ccc2ccccc2c1)C(=O)N[C@@H](C)C(=O)NCCNC(=O)OCc1ccccc1. The predicted octanol–water partition coefficient (Wildman–Crippen LogP) is 2.82. The van der Waals surface area contributed by atoms with Gasteiger partial charge >= 0.3 is 6.09 Å². The van der Waals surface area contributed by atoms with Crippen LogP contribution < -0.4 is 26.7 Å². The molecule has 0 bridgehead atoms. The van der Waals surface area contributed by atoms with E-state index in [0.717, 1.165) is 28.3 Å². The molecule has 0 fully saturated rings. The third kappa shape index (κ3) is 12.1. The number of nitrogens with one attached hydrogen (secondary N) is 5. The summed E-state index contributed by atoms with van der Waals surface area (Å²) in [5.41, 5.74) is 3.18. The van der Waals surface area contributed by atoms with Crippen molar-refractivity contribution in [3.8, 4) is 0 Å². The Kier molecular flexibility index (Phi) is 14.8. The van der Waals surface area contributed by atoms with E-state index >= 15 is 0 Å². The maximum absolute atomic E-state index is 13.5. The van der Waals surface area contributed by atoms with Gasteiger partial charge in [0.15, 0.2) is 0 Å². The highest BCUT2D eigenvalue weighted by molar-refractivity contribution is 8.00. The van der Waals surface area contributed by atoms with Crippen molar-refractivity contribution in [1.29, 1.82) is 0 Å². The molecular weight excluding hydrogens is 610 g/mol. The minimum absolute atomic E-state index is 0.0972. The average Bonchev–Trinajstić information content (AvgIpc) is 3.07. The molecule has 0 aromatic heterocycles. The van der Waals surface area contributed by atoms with Gasteiger partial charge in [0.2, 0.25) is 23.6 Å². The fraction of sp³-hybridized carbons (Fsp3) is 0.364. The van der Waals surface area contributed by atoms with Crippen molar-refractivity contribution in [2.24, 2.45) is 0 Å². The van der Waals surface area contributed by atoms with Crippen molar-refractivity contribution in [3.63, 3.8) is 0 Å². The van der Waals surface area contributed by atoms with Crippen molar-refractivity contribution in [1.82, 2.24) is 26.7 Å². The molecule has 3 aromatic rings. The Balaban J connectivity index is 1.60. The molecule has 46 heavy (non-hydrogen) atoms. The minimum Gasteiger partial charge on any atom is -0.445 e. The van der Waals surface area contributed by atoms with Gasteiger partial charge in [0, 0.05) is 25.9 Å². The quantitative estimate of drug-likeness (QED) is 0.0734. The zero-order chi connectivity index (χ0) is 33.3. The van der Waals surface area contributed by atoms with Crippen molar-refractivity contribution >= 4 is 52.3 Å². The summed E-state index contributed by atoms with van der Waals surface area (Å²) in [6, 6.07) is 20.7. The molecule has 0 radical (unpaired) electrons. The highest BCUT2D eigenvalue weighted by atomic mass is 32.2. The highest BCUT2D eigenvalue weighted by Gasteiger charge is 2.29. The van der Waals surface area contributed by atoms with Crippen LogP contribution in [0.2, 0.25) is 0 Å². The van der Waals surface area contributed by atoms with Gasteiger partial charge in [-0.05, 0) is 41.0 Å². The van der Waals surface area contributed by atoms with E-state index in [1.807, 2.05) is 79.7 Å². The fourth-order valence-electron chi connectivity index (χ4n) is 4.43. The summed E-state index contributed by atoms with van der Waals surface area (Å²) in [5.74, 6) is -1.74. The molecule has 0 aliphatic heterocycles. The molecule has 3 aromatic carbocycles. The molecule has 6 N–H and O–H groups in total. The smallest absolute Gasteiger partial charge is 0.407 e. The first-order valence-electron chi connectivity index (χ1n) is 15.0. The summed E-state index contributed by atoms with van der Waals surface area (Å²) in [7, 11) is 0. The zero-order valence-corrected chi connectivity index (χ0v) is 26.7. The van der Waals surface area contributed by atoms with Crippen LogP contribution in [0.1, 0.15) is 37.8 Å². The van der Waals surface area contributed by atoms with Crippen LogP contribution in [0.15, 0.2) is 72.8 Å². The van der Waals surface area contributed by atoms with Gasteiger partial charge in [0.05, 0.1) is 5.25 Å². The summed E-state index contributed by atoms with van der Waals surface area (Å²) in [5, 5.41) is 20.8. The number of benzene rings is 3. The fourth-order valence-corrected chi connectivity index (χ4v) is 5.44. The largest absolute Gasteiger partial charge is 0.445 e. The molecule has 3 atom stereocenters. The van der Waals surface area contributed by atoms with Crippen LogP contribution in [0.3, 0.4) is 0 Å². The summed E-state index contributed by atoms with van der Waals surface area (Å²) in [6.45, 7) is 3.77. The van der Waals surface area contributed by atoms with Crippen LogP contribution in [0.25, 0.3) is 10.8 Å². The van der Waals surface area contributed by atoms with E-state index < -0.39 is 47.1 Å². The minimum atomic E-state index is -1.06. The van der Waals surface area contributed by atoms with Crippen molar-refractivity contribution < 1.29 is 33.9 Å². The number of hydrogen-bond acceptors (Lipinski definition) is 8. The van der Waals surface area contributed by atoms with Gasteiger partial charge < -0.3 is 26.0 Å². The van der Waals surface area contributed by atoms with E-state index in [0.29, 0.717) is 5.75 Å². The van der Waals surface area contributed by atoms with Crippen molar-refractivity contribution in [3.05, 3.63) is 83.9 Å². The monoisotopic (exact) mass is 651 g/mol. The lowest BCUT2D eigenvalue weighted by atomic mass is 10.0. The van der Waals surface area contributed by atoms with E-state index in [-0.39, 0.29) is 32.5 Å². The highest BCUT2D eigenvalue weighted by Crippen LogP contribution is 2.19. The topological polar surface area (TPSA) is 175 Å². The molecule has 0 saturated carbocycles. The molecule has 5 amide bonds. The van der Waals surface area contributed by atoms with Gasteiger partial charge in [0.1, 0.15) is 18.7 Å².